The van der Waals surface area contributed by atoms with Gasteiger partial charge in [-0.15, -0.1) is 0 Å². The minimum atomic E-state index is 0.589. The van der Waals surface area contributed by atoms with Crippen LogP contribution < -0.4 is 11.1 Å². The summed E-state index contributed by atoms with van der Waals surface area (Å²) in [6.45, 7) is 3.61. The van der Waals surface area contributed by atoms with Gasteiger partial charge in [0.2, 0.25) is 0 Å². The number of hydrogen-bond donors (Lipinski definition) is 2. The fourth-order valence-electron chi connectivity index (χ4n) is 1.10. The van der Waals surface area contributed by atoms with Crippen LogP contribution in [0.3, 0.4) is 0 Å². The highest BCUT2D eigenvalue weighted by molar-refractivity contribution is 4.70. The van der Waals surface area contributed by atoms with Crippen molar-refractivity contribution in [2.24, 2.45) is 5.73 Å². The summed E-state index contributed by atoms with van der Waals surface area (Å²) >= 11 is 0. The molecule has 1 aliphatic rings. The summed E-state index contributed by atoms with van der Waals surface area (Å²) in [5.74, 6) is 0. The van der Waals surface area contributed by atoms with Crippen molar-refractivity contribution >= 4 is 0 Å². The molecule has 0 aromatic carbocycles. The second-order valence-electron chi connectivity index (χ2n) is 2.66. The van der Waals surface area contributed by atoms with Gasteiger partial charge < -0.3 is 15.8 Å². The predicted molar refractivity (Wildman–Crippen MR) is 40.9 cm³/mol. The quantitative estimate of drug-likeness (QED) is 0.533. The Bertz CT molecular complexity index is 81.7. The summed E-state index contributed by atoms with van der Waals surface area (Å²) in [7, 11) is 0. The van der Waals surface area contributed by atoms with Crippen LogP contribution in [-0.2, 0) is 4.74 Å². The molecular weight excluding hydrogens is 128 g/mol. The Balaban J connectivity index is 1.91. The summed E-state index contributed by atoms with van der Waals surface area (Å²) in [6, 6.07) is 0.589. The molecule has 10 heavy (non-hydrogen) atoms. The molecule has 0 aliphatic carbocycles. The highest BCUT2D eigenvalue weighted by Crippen LogP contribution is 2.02. The zero-order valence-electron chi connectivity index (χ0n) is 6.31. The predicted octanol–water partition coefficient (Wildman–Crippen LogP) is -0.286. The first-order chi connectivity index (χ1) is 4.93. The van der Waals surface area contributed by atoms with E-state index < -0.39 is 0 Å². The third kappa shape index (κ3) is 2.64. The normalized spacial score (nSPS) is 25.5. The SMILES string of the molecule is NCCCNC1CCOC1. The zero-order chi connectivity index (χ0) is 7.23. The molecule has 0 saturated carbocycles. The molecule has 0 spiro atoms. The van der Waals surface area contributed by atoms with Crippen LogP contribution in [0.2, 0.25) is 0 Å². The lowest BCUT2D eigenvalue weighted by molar-refractivity contribution is 0.190. The average molecular weight is 144 g/mol. The van der Waals surface area contributed by atoms with Crippen LogP contribution in [0.25, 0.3) is 0 Å². The maximum Gasteiger partial charge on any atom is 0.0620 e. The molecule has 1 heterocycles. The maximum absolute atomic E-state index is 5.34. The summed E-state index contributed by atoms with van der Waals surface area (Å²) in [5, 5.41) is 3.38. The first-order valence-corrected chi connectivity index (χ1v) is 3.94. The van der Waals surface area contributed by atoms with Gasteiger partial charge in [-0.2, -0.15) is 0 Å². The lowest BCUT2D eigenvalue weighted by Gasteiger charge is -2.08. The monoisotopic (exact) mass is 144 g/mol. The van der Waals surface area contributed by atoms with Crippen molar-refractivity contribution in [2.75, 3.05) is 26.3 Å². The Morgan fingerprint density at radius 3 is 3.10 bits per heavy atom. The van der Waals surface area contributed by atoms with Crippen LogP contribution in [0.4, 0.5) is 0 Å². The van der Waals surface area contributed by atoms with E-state index in [4.69, 9.17) is 10.5 Å². The van der Waals surface area contributed by atoms with E-state index in [1.54, 1.807) is 0 Å². The first-order valence-electron chi connectivity index (χ1n) is 3.94. The van der Waals surface area contributed by atoms with Gasteiger partial charge in [0.05, 0.1) is 6.61 Å². The van der Waals surface area contributed by atoms with E-state index >= 15 is 0 Å². The second kappa shape index (κ2) is 4.66. The summed E-state index contributed by atoms with van der Waals surface area (Å²) < 4.78 is 5.19. The van der Waals surface area contributed by atoms with Crippen molar-refractivity contribution in [2.45, 2.75) is 18.9 Å². The van der Waals surface area contributed by atoms with E-state index in [1.807, 2.05) is 0 Å². The molecule has 3 nitrogen and oxygen atoms in total. The van der Waals surface area contributed by atoms with Gasteiger partial charge in [-0.3, -0.25) is 0 Å². The van der Waals surface area contributed by atoms with Crippen molar-refractivity contribution in [3.63, 3.8) is 0 Å². The molecule has 1 aliphatic heterocycles. The van der Waals surface area contributed by atoms with Crippen LogP contribution in [0.5, 0.6) is 0 Å². The fraction of sp³-hybridized carbons (Fsp3) is 1.00. The molecule has 0 bridgehead atoms. The standard InChI is InChI=1S/C7H16N2O/c8-3-1-4-9-7-2-5-10-6-7/h7,9H,1-6,8H2. The van der Waals surface area contributed by atoms with Gasteiger partial charge >= 0.3 is 0 Å². The second-order valence-corrected chi connectivity index (χ2v) is 2.66. The number of ether oxygens (including phenoxy) is 1. The molecule has 1 unspecified atom stereocenters. The van der Waals surface area contributed by atoms with E-state index in [1.165, 1.54) is 0 Å². The van der Waals surface area contributed by atoms with E-state index in [9.17, 15) is 0 Å². The van der Waals surface area contributed by atoms with Crippen molar-refractivity contribution in [3.05, 3.63) is 0 Å². The third-order valence-electron chi connectivity index (χ3n) is 1.74. The minimum Gasteiger partial charge on any atom is -0.380 e. The molecule has 3 heteroatoms. The molecule has 0 radical (unpaired) electrons. The van der Waals surface area contributed by atoms with Crippen molar-refractivity contribution in [3.8, 4) is 0 Å². The van der Waals surface area contributed by atoms with E-state index in [0.29, 0.717) is 6.04 Å². The van der Waals surface area contributed by atoms with Crippen molar-refractivity contribution in [1.29, 1.82) is 0 Å². The molecule has 1 saturated heterocycles. The first kappa shape index (κ1) is 7.98. The topological polar surface area (TPSA) is 47.3 Å². The molecule has 1 rings (SSSR count). The largest absolute Gasteiger partial charge is 0.380 e. The van der Waals surface area contributed by atoms with Crippen molar-refractivity contribution in [1.82, 2.24) is 5.32 Å². The van der Waals surface area contributed by atoms with Gasteiger partial charge in [-0.05, 0) is 25.9 Å². The smallest absolute Gasteiger partial charge is 0.0620 e. The highest BCUT2D eigenvalue weighted by atomic mass is 16.5. The molecule has 1 fully saturated rings. The molecule has 1 atom stereocenters. The Hall–Kier alpha value is -0.120. The van der Waals surface area contributed by atoms with E-state index in [0.717, 1.165) is 39.1 Å². The van der Waals surface area contributed by atoms with Gasteiger partial charge in [0, 0.05) is 12.6 Å². The van der Waals surface area contributed by atoms with Crippen LogP contribution in [0.1, 0.15) is 12.8 Å². The van der Waals surface area contributed by atoms with E-state index in [-0.39, 0.29) is 0 Å². The van der Waals surface area contributed by atoms with Crippen LogP contribution in [0, 0.1) is 0 Å². The summed E-state index contributed by atoms with van der Waals surface area (Å²) in [6.07, 6.45) is 2.22. The number of nitrogens with one attached hydrogen (secondary N) is 1. The lowest BCUT2D eigenvalue weighted by atomic mass is 10.2. The van der Waals surface area contributed by atoms with Crippen LogP contribution in [0.15, 0.2) is 0 Å². The Morgan fingerprint density at radius 2 is 2.50 bits per heavy atom. The van der Waals surface area contributed by atoms with Gasteiger partial charge in [0.15, 0.2) is 0 Å². The van der Waals surface area contributed by atoms with Gasteiger partial charge in [-0.25, -0.2) is 0 Å². The Kier molecular flexibility index (Phi) is 3.72. The molecule has 60 valence electrons. The average Bonchev–Trinajstić information content (AvgIpc) is 2.41. The van der Waals surface area contributed by atoms with Crippen molar-refractivity contribution < 1.29 is 4.74 Å². The number of hydrogen-bond acceptors (Lipinski definition) is 3. The van der Waals surface area contributed by atoms with Crippen LogP contribution in [-0.4, -0.2) is 32.3 Å². The van der Waals surface area contributed by atoms with Gasteiger partial charge in [-0.1, -0.05) is 0 Å². The Labute approximate surface area is 61.9 Å². The Morgan fingerprint density at radius 1 is 1.60 bits per heavy atom. The molecular formula is C7H16N2O. The lowest BCUT2D eigenvalue weighted by Crippen LogP contribution is -2.30. The third-order valence-corrected chi connectivity index (χ3v) is 1.74. The van der Waals surface area contributed by atoms with Crippen LogP contribution >= 0.6 is 0 Å². The number of nitrogens with two attached hydrogens (primary N) is 1. The molecule has 0 amide bonds. The molecule has 3 N–H and O–H groups in total. The van der Waals surface area contributed by atoms with Gasteiger partial charge in [0.1, 0.15) is 0 Å². The number of rotatable bonds is 4. The van der Waals surface area contributed by atoms with Gasteiger partial charge in [0.25, 0.3) is 0 Å². The molecule has 0 aromatic heterocycles. The van der Waals surface area contributed by atoms with E-state index in [2.05, 4.69) is 5.32 Å². The highest BCUT2D eigenvalue weighted by Gasteiger charge is 2.13. The summed E-state index contributed by atoms with van der Waals surface area (Å²) in [4.78, 5) is 0. The maximum atomic E-state index is 5.34. The summed E-state index contributed by atoms with van der Waals surface area (Å²) in [5.41, 5.74) is 5.34. The fourth-order valence-corrected chi connectivity index (χ4v) is 1.10. The minimum absolute atomic E-state index is 0.589. The molecule has 0 aromatic rings. The zero-order valence-corrected chi connectivity index (χ0v) is 6.31.